The minimum atomic E-state index is 0.314. The number of nitrogens with zero attached hydrogens (tertiary/aromatic N) is 1. The number of H-pyrrole nitrogens is 1. The quantitative estimate of drug-likeness (QED) is 0.833. The van der Waals surface area contributed by atoms with E-state index in [9.17, 15) is 0 Å². The number of para-hydroxylation sites is 1. The molecular formula is C15H18N2O. The number of rotatable bonds is 1. The molecule has 1 saturated heterocycles. The highest BCUT2D eigenvalue weighted by atomic mass is 16.5. The van der Waals surface area contributed by atoms with E-state index in [1.165, 1.54) is 22.2 Å². The second kappa shape index (κ2) is 3.84. The first-order valence-electron chi connectivity index (χ1n) is 6.85. The zero-order valence-electron chi connectivity index (χ0n) is 10.6. The molecule has 0 radical (unpaired) electrons. The summed E-state index contributed by atoms with van der Waals surface area (Å²) >= 11 is 0. The molecule has 94 valence electrons. The molecule has 2 unspecified atom stereocenters. The number of ether oxygens (including phenoxy) is 1. The Balaban J connectivity index is 1.84. The van der Waals surface area contributed by atoms with Crippen LogP contribution in [0.15, 0.2) is 24.3 Å². The zero-order chi connectivity index (χ0) is 12.1. The predicted octanol–water partition coefficient (Wildman–Crippen LogP) is 2.83. The molecule has 1 N–H and O–H groups in total. The van der Waals surface area contributed by atoms with Gasteiger partial charge >= 0.3 is 0 Å². The van der Waals surface area contributed by atoms with Crippen molar-refractivity contribution in [1.82, 2.24) is 9.88 Å². The van der Waals surface area contributed by atoms with E-state index in [1.807, 2.05) is 0 Å². The van der Waals surface area contributed by atoms with Gasteiger partial charge in [0.05, 0.1) is 12.6 Å². The molecule has 3 nitrogen and oxygen atoms in total. The molecule has 3 heterocycles. The molecule has 1 fully saturated rings. The molecule has 0 aliphatic carbocycles. The lowest BCUT2D eigenvalue weighted by Crippen LogP contribution is -2.37. The fraction of sp³-hybridized carbons (Fsp3) is 0.467. The van der Waals surface area contributed by atoms with E-state index in [-0.39, 0.29) is 0 Å². The lowest BCUT2D eigenvalue weighted by atomic mass is 9.98. The Hall–Kier alpha value is -1.32. The topological polar surface area (TPSA) is 28.3 Å². The van der Waals surface area contributed by atoms with E-state index >= 15 is 0 Å². The molecule has 0 saturated carbocycles. The van der Waals surface area contributed by atoms with Crippen molar-refractivity contribution in [2.45, 2.75) is 32.0 Å². The average Bonchev–Trinajstić information content (AvgIpc) is 2.99. The van der Waals surface area contributed by atoms with E-state index in [1.54, 1.807) is 0 Å². The average molecular weight is 242 g/mol. The summed E-state index contributed by atoms with van der Waals surface area (Å²) in [5.41, 5.74) is 4.16. The maximum atomic E-state index is 5.91. The predicted molar refractivity (Wildman–Crippen MR) is 71.5 cm³/mol. The maximum absolute atomic E-state index is 5.91. The fourth-order valence-electron chi connectivity index (χ4n) is 3.51. The Kier molecular flexibility index (Phi) is 2.26. The second-order valence-electron chi connectivity index (χ2n) is 5.26. The third-order valence-corrected chi connectivity index (χ3v) is 4.37. The SMILES string of the molecule is CCC1OCC2c3[nH]c4ccccc4c3CCN12. The number of aromatic amines is 1. The molecule has 0 amide bonds. The van der Waals surface area contributed by atoms with Crippen LogP contribution in [0.5, 0.6) is 0 Å². The lowest BCUT2D eigenvalue weighted by molar-refractivity contribution is 0.0266. The van der Waals surface area contributed by atoms with Gasteiger partial charge in [-0.25, -0.2) is 0 Å². The first kappa shape index (κ1) is 10.6. The summed E-state index contributed by atoms with van der Waals surface area (Å²) in [6.45, 7) is 4.16. The van der Waals surface area contributed by atoms with Gasteiger partial charge in [0.15, 0.2) is 0 Å². The Labute approximate surface area is 107 Å². The minimum Gasteiger partial charge on any atom is -0.361 e. The van der Waals surface area contributed by atoms with Crippen LogP contribution in [0.25, 0.3) is 10.9 Å². The standard InChI is InChI=1S/C15H18N2O/c1-2-14-17-8-7-11-10-5-3-4-6-12(10)16-15(11)13(17)9-18-14/h3-6,13-14,16H,2,7-9H2,1H3. The summed E-state index contributed by atoms with van der Waals surface area (Å²) in [4.78, 5) is 6.12. The van der Waals surface area contributed by atoms with Crippen molar-refractivity contribution in [2.24, 2.45) is 0 Å². The van der Waals surface area contributed by atoms with Gasteiger partial charge in [-0.05, 0) is 24.5 Å². The van der Waals surface area contributed by atoms with E-state index in [0.717, 1.165) is 26.0 Å². The van der Waals surface area contributed by atoms with Crippen molar-refractivity contribution in [3.63, 3.8) is 0 Å². The molecule has 2 aliphatic rings. The molecule has 1 aromatic carbocycles. The van der Waals surface area contributed by atoms with Crippen molar-refractivity contribution in [3.05, 3.63) is 35.5 Å². The fourth-order valence-corrected chi connectivity index (χ4v) is 3.51. The van der Waals surface area contributed by atoms with Crippen molar-refractivity contribution >= 4 is 10.9 Å². The first-order chi connectivity index (χ1) is 8.88. The van der Waals surface area contributed by atoms with Crippen LogP contribution in [0, 0.1) is 0 Å². The normalized spacial score (nSPS) is 27.4. The van der Waals surface area contributed by atoms with Gasteiger partial charge in [0.25, 0.3) is 0 Å². The molecule has 18 heavy (non-hydrogen) atoms. The van der Waals surface area contributed by atoms with Crippen LogP contribution < -0.4 is 0 Å². The highest BCUT2D eigenvalue weighted by Gasteiger charge is 2.39. The van der Waals surface area contributed by atoms with Crippen LogP contribution in [0.2, 0.25) is 0 Å². The molecule has 2 aromatic rings. The van der Waals surface area contributed by atoms with Crippen LogP contribution >= 0.6 is 0 Å². The van der Waals surface area contributed by atoms with Crippen molar-refractivity contribution in [2.75, 3.05) is 13.2 Å². The summed E-state index contributed by atoms with van der Waals surface area (Å²) in [5, 5.41) is 1.40. The maximum Gasteiger partial charge on any atom is 0.111 e. The molecule has 3 heteroatoms. The number of benzene rings is 1. The largest absolute Gasteiger partial charge is 0.361 e. The molecule has 2 aliphatic heterocycles. The highest BCUT2D eigenvalue weighted by molar-refractivity contribution is 5.85. The van der Waals surface area contributed by atoms with Gasteiger partial charge in [0.2, 0.25) is 0 Å². The van der Waals surface area contributed by atoms with Gasteiger partial charge in [-0.2, -0.15) is 0 Å². The number of aromatic nitrogens is 1. The van der Waals surface area contributed by atoms with Gasteiger partial charge in [-0.1, -0.05) is 25.1 Å². The van der Waals surface area contributed by atoms with Crippen molar-refractivity contribution < 1.29 is 4.74 Å². The van der Waals surface area contributed by atoms with Gasteiger partial charge < -0.3 is 9.72 Å². The molecule has 4 rings (SSSR count). The minimum absolute atomic E-state index is 0.314. The number of nitrogens with one attached hydrogen (secondary N) is 1. The first-order valence-corrected chi connectivity index (χ1v) is 6.85. The Bertz CT molecular complexity index is 589. The lowest BCUT2D eigenvalue weighted by Gasteiger charge is -2.31. The number of hydrogen-bond donors (Lipinski definition) is 1. The van der Waals surface area contributed by atoms with Crippen LogP contribution in [0.4, 0.5) is 0 Å². The van der Waals surface area contributed by atoms with Crippen LogP contribution in [-0.2, 0) is 11.2 Å². The van der Waals surface area contributed by atoms with Crippen LogP contribution in [0.3, 0.4) is 0 Å². The Morgan fingerprint density at radius 1 is 1.39 bits per heavy atom. The molecule has 0 spiro atoms. The van der Waals surface area contributed by atoms with Gasteiger partial charge in [-0.3, -0.25) is 4.90 Å². The molecule has 2 atom stereocenters. The number of hydrogen-bond acceptors (Lipinski definition) is 2. The van der Waals surface area contributed by atoms with Crippen molar-refractivity contribution in [1.29, 1.82) is 0 Å². The van der Waals surface area contributed by atoms with Gasteiger partial charge in [0.1, 0.15) is 6.23 Å². The summed E-state index contributed by atoms with van der Waals surface area (Å²) in [5.74, 6) is 0. The van der Waals surface area contributed by atoms with E-state index in [4.69, 9.17) is 4.74 Å². The second-order valence-corrected chi connectivity index (χ2v) is 5.26. The van der Waals surface area contributed by atoms with Gasteiger partial charge in [-0.15, -0.1) is 0 Å². The Morgan fingerprint density at radius 2 is 2.28 bits per heavy atom. The van der Waals surface area contributed by atoms with Gasteiger partial charge in [0, 0.05) is 23.1 Å². The monoisotopic (exact) mass is 242 g/mol. The van der Waals surface area contributed by atoms with Crippen molar-refractivity contribution in [3.8, 4) is 0 Å². The van der Waals surface area contributed by atoms with E-state index in [0.29, 0.717) is 12.3 Å². The van der Waals surface area contributed by atoms with E-state index in [2.05, 4.69) is 41.1 Å². The summed E-state index contributed by atoms with van der Waals surface area (Å²) in [7, 11) is 0. The molecular weight excluding hydrogens is 224 g/mol. The van der Waals surface area contributed by atoms with Crippen LogP contribution in [-0.4, -0.2) is 29.3 Å². The summed E-state index contributed by atoms with van der Waals surface area (Å²) in [6.07, 6.45) is 2.52. The Morgan fingerprint density at radius 3 is 3.17 bits per heavy atom. The molecule has 0 bridgehead atoms. The summed E-state index contributed by atoms with van der Waals surface area (Å²) in [6, 6.07) is 9.06. The molecule has 1 aromatic heterocycles. The third kappa shape index (κ3) is 1.32. The van der Waals surface area contributed by atoms with E-state index < -0.39 is 0 Å². The number of fused-ring (bicyclic) bond motifs is 5. The third-order valence-electron chi connectivity index (χ3n) is 4.37. The van der Waals surface area contributed by atoms with Crippen LogP contribution in [0.1, 0.15) is 30.6 Å². The smallest absolute Gasteiger partial charge is 0.111 e. The highest BCUT2D eigenvalue weighted by Crippen LogP contribution is 2.39. The zero-order valence-corrected chi connectivity index (χ0v) is 10.6. The summed E-state index contributed by atoms with van der Waals surface area (Å²) < 4.78 is 5.91.